The number of H-pyrrole nitrogens is 1. The molecule has 2 aliphatic rings. The van der Waals surface area contributed by atoms with Gasteiger partial charge in [-0.15, -0.1) is 0 Å². The highest BCUT2D eigenvalue weighted by atomic mass is 16.6. The van der Waals surface area contributed by atoms with Gasteiger partial charge < -0.3 is 15.5 Å². The molecule has 3 heterocycles. The Morgan fingerprint density at radius 2 is 2.09 bits per heavy atom. The Labute approximate surface area is 183 Å². The first-order valence-electron chi connectivity index (χ1n) is 10.6. The topological polar surface area (TPSA) is 150 Å². The molecule has 168 valence electrons. The molecule has 2 amide bonds. The number of carbonyl (C=O) groups is 2. The van der Waals surface area contributed by atoms with Crippen LogP contribution < -0.4 is 21.1 Å². The summed E-state index contributed by atoms with van der Waals surface area (Å²) in [5, 5.41) is 16.3. The van der Waals surface area contributed by atoms with Crippen molar-refractivity contribution in [2.45, 2.75) is 51.0 Å². The van der Waals surface area contributed by atoms with Crippen molar-refractivity contribution in [2.24, 2.45) is 0 Å². The number of benzene rings is 1. The lowest BCUT2D eigenvalue weighted by atomic mass is 9.92. The number of aromatic nitrogens is 2. The largest absolute Gasteiger partial charge is 0.339 e. The molecule has 11 nitrogen and oxygen atoms in total. The number of amides is 2. The summed E-state index contributed by atoms with van der Waals surface area (Å²) in [6, 6.07) is 5.93. The third kappa shape index (κ3) is 4.05. The molecule has 3 N–H and O–H groups in total. The molecule has 4 rings (SSSR count). The Bertz CT molecular complexity index is 1130. The fraction of sp³-hybridized carbons (Fsp3) is 0.429. The van der Waals surface area contributed by atoms with Crippen LogP contribution in [0.1, 0.15) is 50.5 Å². The van der Waals surface area contributed by atoms with E-state index in [4.69, 9.17) is 0 Å². The Morgan fingerprint density at radius 1 is 1.31 bits per heavy atom. The summed E-state index contributed by atoms with van der Waals surface area (Å²) in [5.74, 6) is -1.81. The van der Waals surface area contributed by atoms with Gasteiger partial charge in [0, 0.05) is 25.1 Å². The van der Waals surface area contributed by atoms with Crippen LogP contribution in [0.5, 0.6) is 0 Å². The van der Waals surface area contributed by atoms with E-state index < -0.39 is 28.2 Å². The van der Waals surface area contributed by atoms with E-state index in [0.29, 0.717) is 5.95 Å². The lowest BCUT2D eigenvalue weighted by molar-refractivity contribution is -0.383. The quantitative estimate of drug-likeness (QED) is 0.477. The second-order valence-corrected chi connectivity index (χ2v) is 7.97. The molecule has 0 spiro atoms. The van der Waals surface area contributed by atoms with Crippen molar-refractivity contribution in [1.29, 1.82) is 0 Å². The van der Waals surface area contributed by atoms with Crippen LogP contribution in [0.2, 0.25) is 0 Å². The van der Waals surface area contributed by atoms with Gasteiger partial charge in [0.1, 0.15) is 11.5 Å². The predicted molar refractivity (Wildman–Crippen MR) is 118 cm³/mol. The number of rotatable bonds is 5. The first-order chi connectivity index (χ1) is 15.4. The van der Waals surface area contributed by atoms with Crippen LogP contribution in [0.15, 0.2) is 29.1 Å². The zero-order chi connectivity index (χ0) is 22.8. The molecule has 0 bridgehead atoms. The maximum absolute atomic E-state index is 13.0. The monoisotopic (exact) mass is 440 g/mol. The van der Waals surface area contributed by atoms with Gasteiger partial charge in [-0.25, -0.2) is 0 Å². The third-order valence-electron chi connectivity index (χ3n) is 5.98. The SMILES string of the molecule is CC[C@H]1CCCCN1c1nc2c(c(=O)[nH]1)[C@@H](C(=O)Nc1ccccc1[N+](=O)[O-])CC(=O)N2. The molecular weight excluding hydrogens is 416 g/mol. The van der Waals surface area contributed by atoms with Gasteiger partial charge in [-0.05, 0) is 31.7 Å². The van der Waals surface area contributed by atoms with Gasteiger partial charge in [-0.2, -0.15) is 4.98 Å². The number of piperidine rings is 1. The van der Waals surface area contributed by atoms with Crippen molar-refractivity contribution >= 4 is 35.0 Å². The fourth-order valence-electron chi connectivity index (χ4n) is 4.38. The van der Waals surface area contributed by atoms with Gasteiger partial charge in [0.15, 0.2) is 0 Å². The van der Waals surface area contributed by atoms with Gasteiger partial charge in [-0.1, -0.05) is 19.1 Å². The molecule has 1 aromatic carbocycles. The van der Waals surface area contributed by atoms with Crippen LogP contribution in [-0.4, -0.2) is 39.3 Å². The number of nitro groups is 1. The van der Waals surface area contributed by atoms with Crippen molar-refractivity contribution in [3.05, 3.63) is 50.3 Å². The number of aromatic amines is 1. The zero-order valence-electron chi connectivity index (χ0n) is 17.6. The summed E-state index contributed by atoms with van der Waals surface area (Å²) < 4.78 is 0. The number of para-hydroxylation sites is 2. The lowest BCUT2D eigenvalue weighted by Crippen LogP contribution is -2.43. The van der Waals surface area contributed by atoms with Crippen LogP contribution in [0.25, 0.3) is 0 Å². The van der Waals surface area contributed by atoms with Crippen LogP contribution >= 0.6 is 0 Å². The van der Waals surface area contributed by atoms with Gasteiger partial charge >= 0.3 is 0 Å². The minimum atomic E-state index is -1.12. The first kappa shape index (κ1) is 21.5. The summed E-state index contributed by atoms with van der Waals surface area (Å²) >= 11 is 0. The molecule has 2 aliphatic heterocycles. The molecule has 0 aliphatic carbocycles. The molecule has 11 heteroatoms. The first-order valence-corrected chi connectivity index (χ1v) is 10.6. The zero-order valence-corrected chi connectivity index (χ0v) is 17.6. The van der Waals surface area contributed by atoms with E-state index in [-0.39, 0.29) is 35.2 Å². The maximum Gasteiger partial charge on any atom is 0.292 e. The summed E-state index contributed by atoms with van der Waals surface area (Å²) in [4.78, 5) is 58.2. The maximum atomic E-state index is 13.0. The molecule has 2 aromatic rings. The van der Waals surface area contributed by atoms with Crippen LogP contribution in [0.3, 0.4) is 0 Å². The lowest BCUT2D eigenvalue weighted by Gasteiger charge is -2.36. The minimum Gasteiger partial charge on any atom is -0.339 e. The molecule has 1 fully saturated rings. The molecule has 32 heavy (non-hydrogen) atoms. The molecule has 1 saturated heterocycles. The molecule has 0 radical (unpaired) electrons. The van der Waals surface area contributed by atoms with Crippen molar-refractivity contribution < 1.29 is 14.5 Å². The smallest absolute Gasteiger partial charge is 0.292 e. The number of nitrogens with zero attached hydrogens (tertiary/aromatic N) is 3. The Morgan fingerprint density at radius 3 is 2.84 bits per heavy atom. The summed E-state index contributed by atoms with van der Waals surface area (Å²) in [6.07, 6.45) is 3.71. The van der Waals surface area contributed by atoms with E-state index in [0.717, 1.165) is 32.2 Å². The van der Waals surface area contributed by atoms with Crippen LogP contribution in [0, 0.1) is 10.1 Å². The van der Waals surface area contributed by atoms with Crippen molar-refractivity contribution in [3.63, 3.8) is 0 Å². The summed E-state index contributed by atoms with van der Waals surface area (Å²) in [7, 11) is 0. The molecular formula is C21H24N6O5. The van der Waals surface area contributed by atoms with E-state index in [9.17, 15) is 24.5 Å². The fourth-order valence-corrected chi connectivity index (χ4v) is 4.38. The van der Waals surface area contributed by atoms with Crippen molar-refractivity contribution in [3.8, 4) is 0 Å². The average molecular weight is 440 g/mol. The second-order valence-electron chi connectivity index (χ2n) is 7.97. The highest BCUT2D eigenvalue weighted by Gasteiger charge is 2.36. The number of carbonyl (C=O) groups excluding carboxylic acids is 2. The van der Waals surface area contributed by atoms with E-state index in [1.165, 1.54) is 18.2 Å². The van der Waals surface area contributed by atoms with E-state index in [1.807, 2.05) is 4.90 Å². The summed E-state index contributed by atoms with van der Waals surface area (Å²) in [5.41, 5.74) is -0.739. The molecule has 2 atom stereocenters. The predicted octanol–water partition coefficient (Wildman–Crippen LogP) is 2.51. The van der Waals surface area contributed by atoms with E-state index in [1.54, 1.807) is 6.07 Å². The van der Waals surface area contributed by atoms with E-state index >= 15 is 0 Å². The van der Waals surface area contributed by atoms with Crippen LogP contribution in [-0.2, 0) is 9.59 Å². The number of nitrogens with one attached hydrogen (secondary N) is 3. The van der Waals surface area contributed by atoms with Crippen molar-refractivity contribution in [1.82, 2.24) is 9.97 Å². The van der Waals surface area contributed by atoms with E-state index in [2.05, 4.69) is 27.5 Å². The average Bonchev–Trinajstić information content (AvgIpc) is 2.78. The summed E-state index contributed by atoms with van der Waals surface area (Å²) in [6.45, 7) is 2.82. The number of nitro benzene ring substituents is 1. The Balaban J connectivity index is 1.68. The van der Waals surface area contributed by atoms with Gasteiger partial charge in [0.05, 0.1) is 16.4 Å². The molecule has 0 saturated carbocycles. The minimum absolute atomic E-state index is 0.00450. The molecule has 0 unspecified atom stereocenters. The highest BCUT2D eigenvalue weighted by molar-refractivity contribution is 6.05. The van der Waals surface area contributed by atoms with Crippen molar-refractivity contribution in [2.75, 3.05) is 22.1 Å². The standard InChI is InChI=1S/C21H24N6O5/c1-2-12-7-5-6-10-26(12)21-24-18-17(20(30)25-21)13(11-16(28)23-18)19(29)22-14-8-3-4-9-15(14)27(31)32/h3-4,8-9,12-13H,2,5-7,10-11H2,1H3,(H,22,29)(H2,23,24,25,28,30)/t12-,13-/m0/s1. The van der Waals surface area contributed by atoms with Gasteiger partial charge in [0.25, 0.3) is 11.2 Å². The Kier molecular flexibility index (Phi) is 5.89. The number of anilines is 3. The molecule has 1 aromatic heterocycles. The second kappa shape index (κ2) is 8.77. The Hall–Kier alpha value is -3.76. The number of hydrogen-bond donors (Lipinski definition) is 3. The number of hydrogen-bond acceptors (Lipinski definition) is 7. The highest BCUT2D eigenvalue weighted by Crippen LogP contribution is 2.33. The van der Waals surface area contributed by atoms with Gasteiger partial charge in [0.2, 0.25) is 17.8 Å². The van der Waals surface area contributed by atoms with Crippen LogP contribution in [0.4, 0.5) is 23.1 Å². The number of fused-ring (bicyclic) bond motifs is 1. The normalized spacial score (nSPS) is 20.3. The van der Waals surface area contributed by atoms with Gasteiger partial charge in [-0.3, -0.25) is 29.5 Å². The third-order valence-corrected chi connectivity index (χ3v) is 5.98.